The van der Waals surface area contributed by atoms with Gasteiger partial charge in [0.15, 0.2) is 0 Å². The third kappa shape index (κ3) is 3.45. The summed E-state index contributed by atoms with van der Waals surface area (Å²) in [4.78, 5) is 0. The largest absolute Gasteiger partial charge is 0.0923 e. The SMILES string of the molecule is ClC=C(c1ccc(I)cc1)c1ccc(I)cc1. The van der Waals surface area contributed by atoms with Crippen molar-refractivity contribution in [3.63, 3.8) is 0 Å². The molecule has 0 unspecified atom stereocenters. The molecule has 86 valence electrons. The number of benzene rings is 2. The molecule has 0 aliphatic carbocycles. The molecule has 2 aromatic rings. The van der Waals surface area contributed by atoms with Gasteiger partial charge in [0.1, 0.15) is 0 Å². The minimum Gasteiger partial charge on any atom is -0.0923 e. The summed E-state index contributed by atoms with van der Waals surface area (Å²) in [5, 5.41) is 0. The molecule has 2 aromatic carbocycles. The average molecular weight is 466 g/mol. The van der Waals surface area contributed by atoms with Gasteiger partial charge in [0.25, 0.3) is 0 Å². The average Bonchev–Trinajstić information content (AvgIpc) is 2.35. The molecule has 2 rings (SSSR count). The third-order valence-electron chi connectivity index (χ3n) is 2.42. The van der Waals surface area contributed by atoms with Crippen LogP contribution < -0.4 is 0 Å². The Bertz CT molecular complexity index is 480. The van der Waals surface area contributed by atoms with Crippen LogP contribution in [0.15, 0.2) is 54.1 Å². The highest BCUT2D eigenvalue weighted by Crippen LogP contribution is 2.25. The van der Waals surface area contributed by atoms with E-state index >= 15 is 0 Å². The molecule has 17 heavy (non-hydrogen) atoms. The zero-order chi connectivity index (χ0) is 12.3. The second-order valence-electron chi connectivity index (χ2n) is 3.54. The van der Waals surface area contributed by atoms with E-state index in [2.05, 4.69) is 93.7 Å². The van der Waals surface area contributed by atoms with Crippen LogP contribution in [0.1, 0.15) is 11.1 Å². The van der Waals surface area contributed by atoms with E-state index in [0.29, 0.717) is 0 Å². The van der Waals surface area contributed by atoms with Crippen LogP contribution >= 0.6 is 56.8 Å². The maximum atomic E-state index is 5.95. The Labute approximate surface area is 133 Å². The molecule has 0 amide bonds. The van der Waals surface area contributed by atoms with Gasteiger partial charge in [0, 0.05) is 18.2 Å². The fourth-order valence-corrected chi connectivity index (χ4v) is 2.52. The zero-order valence-electron chi connectivity index (χ0n) is 8.83. The summed E-state index contributed by atoms with van der Waals surface area (Å²) >= 11 is 10.5. The van der Waals surface area contributed by atoms with Crippen molar-refractivity contribution >= 4 is 62.4 Å². The van der Waals surface area contributed by atoms with Crippen LogP contribution in [-0.2, 0) is 0 Å². The molecule has 0 nitrogen and oxygen atoms in total. The minimum absolute atomic E-state index is 1.06. The van der Waals surface area contributed by atoms with Crippen LogP contribution in [0.2, 0.25) is 0 Å². The molecule has 0 aromatic heterocycles. The van der Waals surface area contributed by atoms with Crippen molar-refractivity contribution in [2.45, 2.75) is 0 Å². The molecular formula is C14H9ClI2. The lowest BCUT2D eigenvalue weighted by molar-refractivity contribution is 1.52. The van der Waals surface area contributed by atoms with Crippen LogP contribution in [0.5, 0.6) is 0 Å². The van der Waals surface area contributed by atoms with Crippen molar-refractivity contribution in [1.29, 1.82) is 0 Å². The summed E-state index contributed by atoms with van der Waals surface area (Å²) in [5.41, 5.74) is 4.98. The van der Waals surface area contributed by atoms with Crippen LogP contribution in [-0.4, -0.2) is 0 Å². The Morgan fingerprint density at radius 1 is 0.765 bits per heavy atom. The summed E-state index contributed by atoms with van der Waals surface area (Å²) in [6.45, 7) is 0. The monoisotopic (exact) mass is 466 g/mol. The van der Waals surface area contributed by atoms with E-state index in [0.717, 1.165) is 16.7 Å². The van der Waals surface area contributed by atoms with Gasteiger partial charge in [0.2, 0.25) is 0 Å². The molecule has 0 saturated heterocycles. The Hall–Kier alpha value is -0.0700. The van der Waals surface area contributed by atoms with Gasteiger partial charge in [-0.2, -0.15) is 0 Å². The molecule has 0 N–H and O–H groups in total. The maximum absolute atomic E-state index is 5.95. The highest BCUT2D eigenvalue weighted by atomic mass is 127. The van der Waals surface area contributed by atoms with E-state index in [1.165, 1.54) is 7.14 Å². The molecule has 0 atom stereocenters. The fourth-order valence-electron chi connectivity index (χ4n) is 1.55. The van der Waals surface area contributed by atoms with Crippen LogP contribution in [0.3, 0.4) is 0 Å². The quantitative estimate of drug-likeness (QED) is 0.511. The van der Waals surface area contributed by atoms with Crippen molar-refractivity contribution in [3.8, 4) is 0 Å². The topological polar surface area (TPSA) is 0 Å². The van der Waals surface area contributed by atoms with E-state index in [-0.39, 0.29) is 0 Å². The lowest BCUT2D eigenvalue weighted by Crippen LogP contribution is -1.87. The zero-order valence-corrected chi connectivity index (χ0v) is 13.9. The minimum atomic E-state index is 1.06. The molecule has 0 heterocycles. The second kappa shape index (κ2) is 6.20. The molecular weight excluding hydrogens is 457 g/mol. The van der Waals surface area contributed by atoms with Crippen molar-refractivity contribution < 1.29 is 0 Å². The van der Waals surface area contributed by atoms with E-state index in [9.17, 15) is 0 Å². The Morgan fingerprint density at radius 3 is 1.41 bits per heavy atom. The molecule has 0 spiro atoms. The number of hydrogen-bond acceptors (Lipinski definition) is 0. The van der Waals surface area contributed by atoms with Gasteiger partial charge >= 0.3 is 0 Å². The van der Waals surface area contributed by atoms with Crippen LogP contribution in [0.4, 0.5) is 0 Å². The van der Waals surface area contributed by atoms with Gasteiger partial charge in [-0.25, -0.2) is 0 Å². The lowest BCUT2D eigenvalue weighted by atomic mass is 10.00. The number of hydrogen-bond donors (Lipinski definition) is 0. The number of halogens is 3. The first-order valence-corrected chi connectivity index (χ1v) is 7.62. The Morgan fingerprint density at radius 2 is 1.12 bits per heavy atom. The standard InChI is InChI=1S/C14H9ClI2/c15-9-14(10-1-5-12(16)6-2-10)11-3-7-13(17)8-4-11/h1-9H. The highest BCUT2D eigenvalue weighted by Gasteiger charge is 2.04. The van der Waals surface area contributed by atoms with Crippen molar-refractivity contribution in [1.82, 2.24) is 0 Å². The summed E-state index contributed by atoms with van der Waals surface area (Å²) in [7, 11) is 0. The molecule has 0 saturated carbocycles. The maximum Gasteiger partial charge on any atom is 0.0130 e. The Balaban J connectivity index is 2.41. The molecule has 0 fully saturated rings. The first kappa shape index (κ1) is 13.4. The summed E-state index contributed by atoms with van der Waals surface area (Å²) in [6.07, 6.45) is 0. The highest BCUT2D eigenvalue weighted by molar-refractivity contribution is 14.1. The molecule has 0 aliphatic rings. The van der Waals surface area contributed by atoms with E-state index in [1.807, 2.05) is 0 Å². The van der Waals surface area contributed by atoms with Gasteiger partial charge in [-0.1, -0.05) is 35.9 Å². The van der Waals surface area contributed by atoms with E-state index in [4.69, 9.17) is 11.6 Å². The van der Waals surface area contributed by atoms with Crippen molar-refractivity contribution in [2.24, 2.45) is 0 Å². The summed E-state index contributed by atoms with van der Waals surface area (Å²) in [5.74, 6) is 0. The smallest absolute Gasteiger partial charge is 0.0130 e. The van der Waals surface area contributed by atoms with E-state index in [1.54, 1.807) is 5.54 Å². The van der Waals surface area contributed by atoms with Gasteiger partial charge in [-0.15, -0.1) is 0 Å². The van der Waals surface area contributed by atoms with Crippen LogP contribution in [0, 0.1) is 7.14 Å². The lowest BCUT2D eigenvalue weighted by Gasteiger charge is -2.07. The fraction of sp³-hybridized carbons (Fsp3) is 0. The molecule has 0 aliphatic heterocycles. The predicted octanol–water partition coefficient (Wildman–Crippen LogP) is 5.52. The van der Waals surface area contributed by atoms with Gasteiger partial charge in [-0.05, 0) is 80.6 Å². The normalized spacial score (nSPS) is 10.1. The second-order valence-corrected chi connectivity index (χ2v) is 6.25. The van der Waals surface area contributed by atoms with Gasteiger partial charge < -0.3 is 0 Å². The first-order chi connectivity index (χ1) is 8.20. The molecule has 0 radical (unpaired) electrons. The predicted molar refractivity (Wildman–Crippen MR) is 91.3 cm³/mol. The van der Waals surface area contributed by atoms with Gasteiger partial charge in [-0.3, -0.25) is 0 Å². The van der Waals surface area contributed by atoms with Crippen LogP contribution in [0.25, 0.3) is 5.57 Å². The van der Waals surface area contributed by atoms with Crippen molar-refractivity contribution in [2.75, 3.05) is 0 Å². The van der Waals surface area contributed by atoms with Crippen molar-refractivity contribution in [3.05, 3.63) is 72.3 Å². The van der Waals surface area contributed by atoms with E-state index < -0.39 is 0 Å². The first-order valence-electron chi connectivity index (χ1n) is 5.03. The Kier molecular flexibility index (Phi) is 4.87. The number of rotatable bonds is 2. The summed E-state index contributed by atoms with van der Waals surface area (Å²) < 4.78 is 2.45. The molecule has 3 heteroatoms. The summed E-state index contributed by atoms with van der Waals surface area (Å²) in [6, 6.07) is 16.7. The third-order valence-corrected chi connectivity index (χ3v) is 4.08. The van der Waals surface area contributed by atoms with Gasteiger partial charge in [0.05, 0.1) is 0 Å². The molecule has 0 bridgehead atoms.